The van der Waals surface area contributed by atoms with Crippen molar-refractivity contribution in [1.29, 1.82) is 0 Å². The molecule has 0 aliphatic heterocycles. The minimum absolute atomic E-state index is 0.195. The highest BCUT2D eigenvalue weighted by molar-refractivity contribution is 9.10. The number of rotatable bonds is 5. The molecule has 0 heterocycles. The number of nitrogens with one attached hydrogen (secondary N) is 1. The van der Waals surface area contributed by atoms with Gasteiger partial charge in [0.2, 0.25) is 10.0 Å². The summed E-state index contributed by atoms with van der Waals surface area (Å²) in [5.41, 5.74) is 8.40. The standard InChI is InChI=1S/C15H17BrN2O2S/c1-11-3-2-4-12(9-11)7-8-18-21(19,20)15-6-5-13(17)10-14(15)16/h2-6,9-10,18H,7-8,17H2,1H3. The Morgan fingerprint density at radius 2 is 1.95 bits per heavy atom. The third kappa shape index (κ3) is 4.30. The zero-order valence-corrected chi connectivity index (χ0v) is 14.0. The van der Waals surface area contributed by atoms with E-state index >= 15 is 0 Å². The fourth-order valence-electron chi connectivity index (χ4n) is 2.01. The molecule has 21 heavy (non-hydrogen) atoms. The fourth-order valence-corrected chi connectivity index (χ4v) is 4.14. The molecule has 0 unspecified atom stereocenters. The summed E-state index contributed by atoms with van der Waals surface area (Å²) in [5.74, 6) is 0. The number of aryl methyl sites for hydroxylation is 1. The van der Waals surface area contributed by atoms with Crippen LogP contribution >= 0.6 is 15.9 Å². The van der Waals surface area contributed by atoms with Crippen LogP contribution in [0.2, 0.25) is 0 Å². The highest BCUT2D eigenvalue weighted by Gasteiger charge is 2.16. The molecule has 0 aromatic heterocycles. The summed E-state index contributed by atoms with van der Waals surface area (Å²) in [7, 11) is -3.54. The number of hydrogen-bond donors (Lipinski definition) is 2. The van der Waals surface area contributed by atoms with Gasteiger partial charge in [-0.25, -0.2) is 13.1 Å². The second kappa shape index (κ2) is 6.60. The van der Waals surface area contributed by atoms with Crippen molar-refractivity contribution >= 4 is 31.6 Å². The Balaban J connectivity index is 2.05. The molecule has 0 aliphatic rings. The first kappa shape index (κ1) is 16.0. The van der Waals surface area contributed by atoms with Crippen molar-refractivity contribution in [3.8, 4) is 0 Å². The van der Waals surface area contributed by atoms with Crippen molar-refractivity contribution in [1.82, 2.24) is 4.72 Å². The van der Waals surface area contributed by atoms with Crippen LogP contribution in [-0.4, -0.2) is 15.0 Å². The summed E-state index contributed by atoms with van der Waals surface area (Å²) in [4.78, 5) is 0.195. The molecule has 0 saturated heterocycles. The van der Waals surface area contributed by atoms with Gasteiger partial charge in [0, 0.05) is 16.7 Å². The molecular weight excluding hydrogens is 352 g/mol. The molecule has 0 aliphatic carbocycles. The Bertz CT molecular complexity index is 745. The first-order valence-electron chi connectivity index (χ1n) is 6.49. The van der Waals surface area contributed by atoms with Crippen molar-refractivity contribution in [2.75, 3.05) is 12.3 Å². The number of benzene rings is 2. The van der Waals surface area contributed by atoms with E-state index in [1.807, 2.05) is 31.2 Å². The summed E-state index contributed by atoms with van der Waals surface area (Å²) >= 11 is 3.23. The van der Waals surface area contributed by atoms with Crippen LogP contribution in [0.5, 0.6) is 0 Å². The molecule has 2 aromatic carbocycles. The number of anilines is 1. The van der Waals surface area contributed by atoms with Gasteiger partial charge in [0.1, 0.15) is 0 Å². The van der Waals surface area contributed by atoms with Crippen LogP contribution in [-0.2, 0) is 16.4 Å². The summed E-state index contributed by atoms with van der Waals surface area (Å²) in [6, 6.07) is 12.7. The smallest absolute Gasteiger partial charge is 0.241 e. The second-order valence-electron chi connectivity index (χ2n) is 4.83. The number of sulfonamides is 1. The van der Waals surface area contributed by atoms with Gasteiger partial charge in [-0.2, -0.15) is 0 Å². The zero-order chi connectivity index (χ0) is 15.5. The Morgan fingerprint density at radius 1 is 1.19 bits per heavy atom. The van der Waals surface area contributed by atoms with Crippen LogP contribution in [0, 0.1) is 6.92 Å². The summed E-state index contributed by atoms with van der Waals surface area (Å²) in [6.45, 7) is 2.36. The maximum atomic E-state index is 12.2. The van der Waals surface area contributed by atoms with Crippen LogP contribution in [0.4, 0.5) is 5.69 Å². The molecule has 0 spiro atoms. The van der Waals surface area contributed by atoms with Crippen LogP contribution < -0.4 is 10.5 Å². The zero-order valence-electron chi connectivity index (χ0n) is 11.6. The topological polar surface area (TPSA) is 72.2 Å². The third-order valence-electron chi connectivity index (χ3n) is 3.03. The molecule has 0 fully saturated rings. The normalized spacial score (nSPS) is 11.5. The molecule has 0 saturated carbocycles. The lowest BCUT2D eigenvalue weighted by atomic mass is 10.1. The van der Waals surface area contributed by atoms with Crippen LogP contribution in [0.1, 0.15) is 11.1 Å². The van der Waals surface area contributed by atoms with E-state index in [9.17, 15) is 8.42 Å². The lowest BCUT2D eigenvalue weighted by Gasteiger charge is -2.09. The fraction of sp³-hybridized carbons (Fsp3) is 0.200. The van der Waals surface area contributed by atoms with Gasteiger partial charge in [0.05, 0.1) is 4.90 Å². The monoisotopic (exact) mass is 368 g/mol. The van der Waals surface area contributed by atoms with Gasteiger partial charge in [-0.15, -0.1) is 0 Å². The predicted molar refractivity (Wildman–Crippen MR) is 88.6 cm³/mol. The van der Waals surface area contributed by atoms with Crippen molar-refractivity contribution in [2.24, 2.45) is 0 Å². The molecule has 3 N–H and O–H groups in total. The molecule has 2 aromatic rings. The highest BCUT2D eigenvalue weighted by Crippen LogP contribution is 2.24. The molecule has 112 valence electrons. The molecule has 0 amide bonds. The van der Waals surface area contributed by atoms with Crippen LogP contribution in [0.3, 0.4) is 0 Å². The van der Waals surface area contributed by atoms with Crippen molar-refractivity contribution in [2.45, 2.75) is 18.2 Å². The predicted octanol–water partition coefficient (Wildman–Crippen LogP) is 2.86. The molecule has 0 radical (unpaired) electrons. The minimum Gasteiger partial charge on any atom is -0.399 e. The SMILES string of the molecule is Cc1cccc(CCNS(=O)(=O)c2ccc(N)cc2Br)c1. The van der Waals surface area contributed by atoms with E-state index in [4.69, 9.17) is 5.73 Å². The number of nitrogens with two attached hydrogens (primary N) is 1. The Labute approximate surface area is 133 Å². The summed E-state index contributed by atoms with van der Waals surface area (Å²) < 4.78 is 27.5. The quantitative estimate of drug-likeness (QED) is 0.796. The van der Waals surface area contributed by atoms with Gasteiger partial charge in [-0.3, -0.25) is 0 Å². The van der Waals surface area contributed by atoms with Gasteiger partial charge in [0.15, 0.2) is 0 Å². The molecule has 2 rings (SSSR count). The molecule has 0 atom stereocenters. The van der Waals surface area contributed by atoms with Gasteiger partial charge in [-0.1, -0.05) is 29.8 Å². The van der Waals surface area contributed by atoms with E-state index in [0.717, 1.165) is 11.1 Å². The van der Waals surface area contributed by atoms with Gasteiger partial charge >= 0.3 is 0 Å². The van der Waals surface area contributed by atoms with Crippen molar-refractivity contribution < 1.29 is 8.42 Å². The van der Waals surface area contributed by atoms with Crippen LogP contribution in [0.25, 0.3) is 0 Å². The molecule has 6 heteroatoms. The van der Waals surface area contributed by atoms with Crippen molar-refractivity contribution in [3.05, 3.63) is 58.1 Å². The Hall–Kier alpha value is -1.37. The maximum Gasteiger partial charge on any atom is 0.241 e. The number of nitrogen functional groups attached to an aromatic ring is 1. The average molecular weight is 369 g/mol. The van der Waals surface area contributed by atoms with E-state index in [1.165, 1.54) is 6.07 Å². The van der Waals surface area contributed by atoms with Crippen molar-refractivity contribution in [3.63, 3.8) is 0 Å². The number of halogens is 1. The second-order valence-corrected chi connectivity index (χ2v) is 7.42. The van der Waals surface area contributed by atoms with Gasteiger partial charge < -0.3 is 5.73 Å². The van der Waals surface area contributed by atoms with Gasteiger partial charge in [0.25, 0.3) is 0 Å². The van der Waals surface area contributed by atoms with E-state index in [0.29, 0.717) is 23.1 Å². The molecular formula is C15H17BrN2O2S. The Kier molecular flexibility index (Phi) is 5.03. The first-order valence-corrected chi connectivity index (χ1v) is 8.76. The largest absolute Gasteiger partial charge is 0.399 e. The lowest BCUT2D eigenvalue weighted by Crippen LogP contribution is -2.26. The third-order valence-corrected chi connectivity index (χ3v) is 5.47. The van der Waals surface area contributed by atoms with E-state index in [-0.39, 0.29) is 4.90 Å². The van der Waals surface area contributed by atoms with E-state index < -0.39 is 10.0 Å². The van der Waals surface area contributed by atoms with E-state index in [1.54, 1.807) is 12.1 Å². The van der Waals surface area contributed by atoms with Crippen LogP contribution in [0.15, 0.2) is 51.8 Å². The molecule has 4 nitrogen and oxygen atoms in total. The number of hydrogen-bond acceptors (Lipinski definition) is 3. The highest BCUT2D eigenvalue weighted by atomic mass is 79.9. The van der Waals surface area contributed by atoms with Gasteiger partial charge in [-0.05, 0) is 53.0 Å². The minimum atomic E-state index is -3.54. The molecule has 0 bridgehead atoms. The lowest BCUT2D eigenvalue weighted by molar-refractivity contribution is 0.581. The summed E-state index contributed by atoms with van der Waals surface area (Å²) in [6.07, 6.45) is 0.646. The maximum absolute atomic E-state index is 12.2. The van der Waals surface area contributed by atoms with E-state index in [2.05, 4.69) is 20.7 Å². The Morgan fingerprint density at radius 3 is 2.62 bits per heavy atom. The average Bonchev–Trinajstić information content (AvgIpc) is 2.38. The summed E-state index contributed by atoms with van der Waals surface area (Å²) in [5, 5.41) is 0. The first-order chi connectivity index (χ1) is 9.88.